The molecule has 3 aromatic rings. The lowest BCUT2D eigenvalue weighted by Gasteiger charge is -2.29. The van der Waals surface area contributed by atoms with Gasteiger partial charge >= 0.3 is 0 Å². The Kier molecular flexibility index (Phi) is 5.62. The van der Waals surface area contributed by atoms with Crippen LogP contribution in [0.5, 0.6) is 0 Å². The van der Waals surface area contributed by atoms with Gasteiger partial charge in [0, 0.05) is 19.9 Å². The lowest BCUT2D eigenvalue weighted by Crippen LogP contribution is -2.40. The molecule has 1 aliphatic rings. The molecule has 8 heteroatoms. The maximum absolute atomic E-state index is 13.2. The number of aromatic nitrogens is 3. The molecular formula is C23H24N6O2. The van der Waals surface area contributed by atoms with Crippen LogP contribution in [0.15, 0.2) is 66.3 Å². The van der Waals surface area contributed by atoms with Gasteiger partial charge in [-0.25, -0.2) is 14.7 Å². The molecule has 0 saturated heterocycles. The fraction of sp³-hybridized carbons (Fsp3) is 0.261. The van der Waals surface area contributed by atoms with Gasteiger partial charge in [0.2, 0.25) is 5.91 Å². The fourth-order valence-electron chi connectivity index (χ4n) is 3.52. The van der Waals surface area contributed by atoms with Crippen molar-refractivity contribution in [2.24, 2.45) is 5.10 Å². The Morgan fingerprint density at radius 2 is 1.87 bits per heavy atom. The lowest BCUT2D eigenvalue weighted by atomic mass is 10.0. The molecule has 1 aliphatic heterocycles. The normalized spacial score (nSPS) is 14.9. The first-order chi connectivity index (χ1) is 14.9. The molecule has 0 fully saturated rings. The van der Waals surface area contributed by atoms with Gasteiger partial charge in [-0.1, -0.05) is 24.3 Å². The number of benzene rings is 2. The number of aryl methyl sites for hydroxylation is 1. The molecular weight excluding hydrogens is 392 g/mol. The maximum Gasteiger partial charge on any atom is 0.270 e. The number of nitrogens with zero attached hydrogens (tertiary/aromatic N) is 6. The smallest absolute Gasteiger partial charge is 0.270 e. The van der Waals surface area contributed by atoms with Gasteiger partial charge in [-0.05, 0) is 49.2 Å². The number of amides is 2. The highest BCUT2D eigenvalue weighted by molar-refractivity contribution is 6.40. The molecule has 1 aromatic heterocycles. The minimum atomic E-state index is -0.182. The summed E-state index contributed by atoms with van der Waals surface area (Å²) in [5.41, 5.74) is 3.97. The fourth-order valence-corrected chi connectivity index (χ4v) is 3.52. The van der Waals surface area contributed by atoms with Crippen molar-refractivity contribution in [3.05, 3.63) is 72.3 Å². The van der Waals surface area contributed by atoms with Crippen molar-refractivity contribution in [1.29, 1.82) is 0 Å². The van der Waals surface area contributed by atoms with Crippen LogP contribution in [0.1, 0.15) is 36.9 Å². The number of hydrogen-bond acceptors (Lipinski definition) is 5. The van der Waals surface area contributed by atoms with E-state index in [4.69, 9.17) is 0 Å². The zero-order chi connectivity index (χ0) is 22.0. The van der Waals surface area contributed by atoms with Crippen molar-refractivity contribution in [3.63, 3.8) is 0 Å². The van der Waals surface area contributed by atoms with Crippen LogP contribution >= 0.6 is 0 Å². The number of carbonyl (C=O) groups excluding carboxylic acids is 2. The van der Waals surface area contributed by atoms with E-state index in [0.717, 1.165) is 16.8 Å². The highest BCUT2D eigenvalue weighted by atomic mass is 16.2. The summed E-state index contributed by atoms with van der Waals surface area (Å²) in [4.78, 5) is 31.2. The molecule has 4 rings (SSSR count). The van der Waals surface area contributed by atoms with Crippen molar-refractivity contribution < 1.29 is 9.59 Å². The average molecular weight is 416 g/mol. The molecule has 1 unspecified atom stereocenters. The van der Waals surface area contributed by atoms with E-state index in [2.05, 4.69) is 15.2 Å². The largest absolute Gasteiger partial charge is 0.334 e. The predicted octanol–water partition coefficient (Wildman–Crippen LogP) is 3.28. The van der Waals surface area contributed by atoms with Gasteiger partial charge in [0.25, 0.3) is 5.91 Å². The molecule has 2 amide bonds. The maximum atomic E-state index is 13.2. The zero-order valence-corrected chi connectivity index (χ0v) is 17.8. The Hall–Kier alpha value is -3.81. The molecule has 0 saturated carbocycles. The van der Waals surface area contributed by atoms with E-state index < -0.39 is 0 Å². The van der Waals surface area contributed by atoms with E-state index in [1.807, 2.05) is 62.4 Å². The van der Waals surface area contributed by atoms with E-state index in [1.54, 1.807) is 23.0 Å². The van der Waals surface area contributed by atoms with Crippen LogP contribution in [-0.4, -0.2) is 44.2 Å². The number of hydrazone groups is 1. The quantitative estimate of drug-likeness (QED) is 0.639. The highest BCUT2D eigenvalue weighted by Gasteiger charge is 2.29. The van der Waals surface area contributed by atoms with Crippen LogP contribution in [0.2, 0.25) is 0 Å². The van der Waals surface area contributed by atoms with Crippen LogP contribution in [0, 0.1) is 6.92 Å². The Labute approximate surface area is 180 Å². The monoisotopic (exact) mass is 416 g/mol. The third-order valence-electron chi connectivity index (χ3n) is 5.49. The van der Waals surface area contributed by atoms with Gasteiger partial charge in [0.05, 0.1) is 17.4 Å². The predicted molar refractivity (Wildman–Crippen MR) is 118 cm³/mol. The second-order valence-electron chi connectivity index (χ2n) is 7.61. The Morgan fingerprint density at radius 1 is 1.10 bits per heavy atom. The van der Waals surface area contributed by atoms with Crippen molar-refractivity contribution in [2.45, 2.75) is 32.7 Å². The molecule has 0 aliphatic carbocycles. The van der Waals surface area contributed by atoms with Gasteiger partial charge in [-0.2, -0.15) is 10.2 Å². The van der Waals surface area contributed by atoms with Gasteiger partial charge in [-0.3, -0.25) is 9.59 Å². The molecule has 1 atom stereocenters. The van der Waals surface area contributed by atoms with E-state index in [9.17, 15) is 9.59 Å². The zero-order valence-electron chi connectivity index (χ0n) is 17.8. The molecule has 0 N–H and O–H groups in total. The molecule has 0 bridgehead atoms. The average Bonchev–Trinajstić information content (AvgIpc) is 3.33. The summed E-state index contributed by atoms with van der Waals surface area (Å²) in [5.74, 6) is -0.292. The van der Waals surface area contributed by atoms with E-state index in [0.29, 0.717) is 17.8 Å². The number of rotatable bonds is 5. The second-order valence-corrected chi connectivity index (χ2v) is 7.61. The van der Waals surface area contributed by atoms with Crippen molar-refractivity contribution >= 4 is 23.2 Å². The van der Waals surface area contributed by atoms with Crippen molar-refractivity contribution in [3.8, 4) is 5.69 Å². The highest BCUT2D eigenvalue weighted by Crippen LogP contribution is 2.24. The van der Waals surface area contributed by atoms with Gasteiger partial charge in [0.15, 0.2) is 0 Å². The molecule has 31 heavy (non-hydrogen) atoms. The number of hydrogen-bond donors (Lipinski definition) is 0. The standard InChI is InChI=1S/C23H24N6O2/c1-16-5-4-6-20(13-16)29-22(30)12-11-21(26-29)23(31)27(3)17(2)18-7-9-19(10-8-18)28-15-24-14-25-28/h4-10,13-15,17H,11-12H2,1-3H3. The third-order valence-corrected chi connectivity index (χ3v) is 5.49. The van der Waals surface area contributed by atoms with Gasteiger partial charge < -0.3 is 4.90 Å². The first-order valence-electron chi connectivity index (χ1n) is 10.1. The molecule has 2 aromatic carbocycles. The summed E-state index contributed by atoms with van der Waals surface area (Å²) in [5, 5.41) is 9.87. The Balaban J connectivity index is 1.52. The van der Waals surface area contributed by atoms with Crippen LogP contribution in [0.3, 0.4) is 0 Å². The van der Waals surface area contributed by atoms with E-state index in [1.165, 1.54) is 11.3 Å². The van der Waals surface area contributed by atoms with E-state index >= 15 is 0 Å². The van der Waals surface area contributed by atoms with Crippen molar-refractivity contribution in [2.75, 3.05) is 12.1 Å². The second kappa shape index (κ2) is 8.51. The van der Waals surface area contributed by atoms with Crippen molar-refractivity contribution in [1.82, 2.24) is 19.7 Å². The minimum absolute atomic E-state index is 0.110. The summed E-state index contributed by atoms with van der Waals surface area (Å²) in [6.07, 6.45) is 3.71. The topological polar surface area (TPSA) is 83.7 Å². The molecule has 0 radical (unpaired) electrons. The molecule has 8 nitrogen and oxygen atoms in total. The minimum Gasteiger partial charge on any atom is -0.334 e. The third kappa shape index (κ3) is 4.23. The summed E-state index contributed by atoms with van der Waals surface area (Å²) in [6, 6.07) is 15.2. The first kappa shape index (κ1) is 20.5. The van der Waals surface area contributed by atoms with Crippen LogP contribution < -0.4 is 5.01 Å². The Morgan fingerprint density at radius 3 is 2.55 bits per heavy atom. The molecule has 0 spiro atoms. The SMILES string of the molecule is Cc1cccc(N2N=C(C(=O)N(C)C(C)c3ccc(-n4cncn4)cc3)CCC2=O)c1. The summed E-state index contributed by atoms with van der Waals surface area (Å²) in [6.45, 7) is 3.92. The Bertz CT molecular complexity index is 1120. The molecule has 2 heterocycles. The number of anilines is 1. The first-order valence-corrected chi connectivity index (χ1v) is 10.1. The molecule has 158 valence electrons. The van der Waals surface area contributed by atoms with Crippen LogP contribution in [-0.2, 0) is 9.59 Å². The number of carbonyl (C=O) groups is 2. The van der Waals surface area contributed by atoms with Crippen LogP contribution in [0.4, 0.5) is 5.69 Å². The van der Waals surface area contributed by atoms with Crippen LogP contribution in [0.25, 0.3) is 5.69 Å². The van der Waals surface area contributed by atoms with Gasteiger partial charge in [-0.15, -0.1) is 0 Å². The summed E-state index contributed by atoms with van der Waals surface area (Å²) < 4.78 is 1.68. The summed E-state index contributed by atoms with van der Waals surface area (Å²) in [7, 11) is 1.76. The van der Waals surface area contributed by atoms with Gasteiger partial charge in [0.1, 0.15) is 18.4 Å². The summed E-state index contributed by atoms with van der Waals surface area (Å²) >= 11 is 0. The lowest BCUT2D eigenvalue weighted by molar-refractivity contribution is -0.125. The van der Waals surface area contributed by atoms with E-state index in [-0.39, 0.29) is 24.3 Å².